The fourth-order valence-corrected chi connectivity index (χ4v) is 2.49. The van der Waals surface area contributed by atoms with Gasteiger partial charge in [0.2, 0.25) is 0 Å². The number of hydrogen-bond donors (Lipinski definition) is 2. The first-order chi connectivity index (χ1) is 9.91. The molecule has 0 saturated heterocycles. The lowest BCUT2D eigenvalue weighted by Gasteiger charge is -2.26. The number of carboxylic acid groups (broad SMARTS) is 1. The fourth-order valence-electron chi connectivity index (χ4n) is 2.49. The summed E-state index contributed by atoms with van der Waals surface area (Å²) in [4.78, 5) is 35.9. The monoisotopic (exact) mass is 300 g/mol. The maximum Gasteiger partial charge on any atom is 0.317 e. The number of esters is 1. The average Bonchev–Trinajstić information content (AvgIpc) is 2.92. The van der Waals surface area contributed by atoms with Crippen molar-refractivity contribution in [3.8, 4) is 0 Å². The third-order valence-corrected chi connectivity index (χ3v) is 3.90. The van der Waals surface area contributed by atoms with Crippen LogP contribution in [0, 0.1) is 5.41 Å². The summed E-state index contributed by atoms with van der Waals surface area (Å²) in [6.45, 7) is 2.41. The Morgan fingerprint density at radius 3 is 2.43 bits per heavy atom. The van der Waals surface area contributed by atoms with Crippen molar-refractivity contribution in [2.45, 2.75) is 39.0 Å². The zero-order valence-corrected chi connectivity index (χ0v) is 12.7. The lowest BCUT2D eigenvalue weighted by atomic mass is 9.86. The molecule has 0 aromatic rings. The van der Waals surface area contributed by atoms with Gasteiger partial charge in [-0.15, -0.1) is 0 Å². The van der Waals surface area contributed by atoms with Crippen LogP contribution >= 0.6 is 0 Å². The van der Waals surface area contributed by atoms with Crippen molar-refractivity contribution >= 4 is 18.0 Å². The van der Waals surface area contributed by atoms with E-state index in [9.17, 15) is 19.5 Å². The van der Waals surface area contributed by atoms with Crippen LogP contribution < -0.4 is 5.32 Å². The van der Waals surface area contributed by atoms with Crippen molar-refractivity contribution in [3.05, 3.63) is 0 Å². The number of rotatable bonds is 7. The third kappa shape index (κ3) is 4.91. The van der Waals surface area contributed by atoms with E-state index in [2.05, 4.69) is 5.32 Å². The highest BCUT2D eigenvalue weighted by Gasteiger charge is 2.41. The number of nitrogens with one attached hydrogen (secondary N) is 1. The molecule has 7 heteroatoms. The van der Waals surface area contributed by atoms with Gasteiger partial charge >= 0.3 is 18.0 Å². The lowest BCUT2D eigenvalue weighted by Crippen LogP contribution is -2.46. The first kappa shape index (κ1) is 17.3. The summed E-state index contributed by atoms with van der Waals surface area (Å²) in [5.74, 6) is -1.20. The largest absolute Gasteiger partial charge is 0.481 e. The smallest absolute Gasteiger partial charge is 0.317 e. The molecule has 21 heavy (non-hydrogen) atoms. The Kier molecular flexibility index (Phi) is 6.45. The quantitative estimate of drug-likeness (QED) is 0.689. The van der Waals surface area contributed by atoms with Gasteiger partial charge in [0.05, 0.1) is 18.4 Å². The predicted molar refractivity (Wildman–Crippen MR) is 75.8 cm³/mol. The molecule has 0 spiro atoms. The van der Waals surface area contributed by atoms with Crippen LogP contribution in [0.5, 0.6) is 0 Å². The summed E-state index contributed by atoms with van der Waals surface area (Å²) in [5.41, 5.74) is -0.836. The van der Waals surface area contributed by atoms with Crippen molar-refractivity contribution in [2.75, 3.05) is 26.7 Å². The summed E-state index contributed by atoms with van der Waals surface area (Å²) >= 11 is 0. The second-order valence-electron chi connectivity index (χ2n) is 5.43. The van der Waals surface area contributed by atoms with Crippen LogP contribution in [0.15, 0.2) is 0 Å². The van der Waals surface area contributed by atoms with Gasteiger partial charge in [-0.05, 0) is 19.8 Å². The fraction of sp³-hybridized carbons (Fsp3) is 0.786. The van der Waals surface area contributed by atoms with Crippen LogP contribution in [0.4, 0.5) is 4.79 Å². The van der Waals surface area contributed by atoms with E-state index in [1.165, 1.54) is 4.90 Å². The minimum absolute atomic E-state index is 0.127. The molecular weight excluding hydrogens is 276 g/mol. The number of hydrogen-bond acceptors (Lipinski definition) is 4. The van der Waals surface area contributed by atoms with Crippen molar-refractivity contribution in [1.29, 1.82) is 0 Å². The number of urea groups is 1. The Hall–Kier alpha value is -1.79. The van der Waals surface area contributed by atoms with Crippen molar-refractivity contribution < 1.29 is 24.2 Å². The van der Waals surface area contributed by atoms with E-state index in [4.69, 9.17) is 4.74 Å². The first-order valence-electron chi connectivity index (χ1n) is 7.29. The molecule has 2 amide bonds. The van der Waals surface area contributed by atoms with Crippen LogP contribution in [0.1, 0.15) is 39.0 Å². The molecule has 0 atom stereocenters. The molecule has 1 aliphatic carbocycles. The minimum Gasteiger partial charge on any atom is -0.481 e. The van der Waals surface area contributed by atoms with Crippen LogP contribution in [-0.4, -0.2) is 54.7 Å². The number of aliphatic carboxylic acids is 1. The van der Waals surface area contributed by atoms with Crippen LogP contribution in [0.3, 0.4) is 0 Å². The maximum absolute atomic E-state index is 11.9. The van der Waals surface area contributed by atoms with E-state index in [0.29, 0.717) is 19.4 Å². The molecule has 0 radical (unpaired) electrons. The molecule has 1 saturated carbocycles. The standard InChI is InChI=1S/C14H24N2O5/c1-3-21-11(17)6-9-16(2)13(20)15-10-14(12(18)19)7-4-5-8-14/h3-10H2,1-2H3,(H,15,20)(H,18,19). The van der Waals surface area contributed by atoms with Gasteiger partial charge in [0, 0.05) is 20.1 Å². The van der Waals surface area contributed by atoms with Gasteiger partial charge in [-0.1, -0.05) is 12.8 Å². The number of carbonyl (C=O) groups excluding carboxylic acids is 2. The summed E-state index contributed by atoms with van der Waals surface area (Å²) in [5, 5.41) is 12.0. The Morgan fingerprint density at radius 2 is 1.90 bits per heavy atom. The molecule has 2 N–H and O–H groups in total. The van der Waals surface area contributed by atoms with Gasteiger partial charge < -0.3 is 20.1 Å². The Bertz CT molecular complexity index is 391. The number of nitrogens with zero attached hydrogens (tertiary/aromatic N) is 1. The van der Waals surface area contributed by atoms with E-state index >= 15 is 0 Å². The van der Waals surface area contributed by atoms with Gasteiger partial charge in [0.1, 0.15) is 0 Å². The second kappa shape index (κ2) is 7.85. The van der Waals surface area contributed by atoms with Crippen molar-refractivity contribution in [1.82, 2.24) is 10.2 Å². The molecule has 0 bridgehead atoms. The SMILES string of the molecule is CCOC(=O)CCN(C)C(=O)NCC1(C(=O)O)CCCC1. The molecule has 1 aliphatic rings. The molecule has 1 fully saturated rings. The van der Waals surface area contributed by atoms with Gasteiger partial charge in [0.15, 0.2) is 0 Å². The van der Waals surface area contributed by atoms with Crippen LogP contribution in [0.25, 0.3) is 0 Å². The van der Waals surface area contributed by atoms with Crippen molar-refractivity contribution in [2.24, 2.45) is 5.41 Å². The predicted octanol–water partition coefficient (Wildman–Crippen LogP) is 1.23. The molecule has 7 nitrogen and oxygen atoms in total. The Balaban J connectivity index is 2.38. The van der Waals surface area contributed by atoms with Crippen molar-refractivity contribution in [3.63, 3.8) is 0 Å². The zero-order chi connectivity index (χ0) is 15.9. The summed E-state index contributed by atoms with van der Waals surface area (Å²) < 4.78 is 4.79. The Morgan fingerprint density at radius 1 is 1.29 bits per heavy atom. The summed E-state index contributed by atoms with van der Waals surface area (Å²) in [6, 6.07) is -0.369. The van der Waals surface area contributed by atoms with E-state index < -0.39 is 11.4 Å². The highest BCUT2D eigenvalue weighted by atomic mass is 16.5. The highest BCUT2D eigenvalue weighted by Crippen LogP contribution is 2.37. The van der Waals surface area contributed by atoms with Crippen LogP contribution in [-0.2, 0) is 14.3 Å². The summed E-state index contributed by atoms with van der Waals surface area (Å²) in [6.07, 6.45) is 3.06. The maximum atomic E-state index is 11.9. The molecule has 0 heterocycles. The third-order valence-electron chi connectivity index (χ3n) is 3.90. The average molecular weight is 300 g/mol. The highest BCUT2D eigenvalue weighted by molar-refractivity contribution is 5.78. The van der Waals surface area contributed by atoms with Crippen LogP contribution in [0.2, 0.25) is 0 Å². The molecule has 0 aromatic carbocycles. The number of carboxylic acids is 1. The lowest BCUT2D eigenvalue weighted by molar-refractivity contribution is -0.148. The molecular formula is C14H24N2O5. The van der Waals surface area contributed by atoms with Gasteiger partial charge in [0.25, 0.3) is 0 Å². The van der Waals surface area contributed by atoms with E-state index in [1.54, 1.807) is 14.0 Å². The molecule has 120 valence electrons. The molecule has 0 aliphatic heterocycles. The van der Waals surface area contributed by atoms with Gasteiger partial charge in [-0.3, -0.25) is 9.59 Å². The molecule has 0 unspecified atom stereocenters. The Labute approximate surface area is 124 Å². The number of amides is 2. The molecule has 0 aromatic heterocycles. The molecule has 1 rings (SSSR count). The topological polar surface area (TPSA) is 95.9 Å². The van der Waals surface area contributed by atoms with E-state index in [-0.39, 0.29) is 31.5 Å². The van der Waals surface area contributed by atoms with Gasteiger partial charge in [-0.25, -0.2) is 4.79 Å². The minimum atomic E-state index is -0.852. The van der Waals surface area contributed by atoms with E-state index in [1.807, 2.05) is 0 Å². The first-order valence-corrected chi connectivity index (χ1v) is 7.29. The zero-order valence-electron chi connectivity index (χ0n) is 12.7. The normalized spacial score (nSPS) is 16.3. The summed E-state index contributed by atoms with van der Waals surface area (Å²) in [7, 11) is 1.57. The second-order valence-corrected chi connectivity index (χ2v) is 5.43. The number of carbonyl (C=O) groups is 3. The van der Waals surface area contributed by atoms with E-state index in [0.717, 1.165) is 12.8 Å². The number of ether oxygens (including phenoxy) is 1. The van der Waals surface area contributed by atoms with Gasteiger partial charge in [-0.2, -0.15) is 0 Å².